The summed E-state index contributed by atoms with van der Waals surface area (Å²) in [5.41, 5.74) is 4.55. The van der Waals surface area contributed by atoms with E-state index < -0.39 is 0 Å². The monoisotopic (exact) mass is 279 g/mol. The van der Waals surface area contributed by atoms with E-state index in [4.69, 9.17) is 0 Å². The number of hydrogen-bond donors (Lipinski definition) is 0. The molecule has 21 heavy (non-hydrogen) atoms. The van der Waals surface area contributed by atoms with Crippen molar-refractivity contribution in [2.24, 2.45) is 0 Å². The number of benzene rings is 2. The Morgan fingerprint density at radius 1 is 0.952 bits per heavy atom. The summed E-state index contributed by atoms with van der Waals surface area (Å²) in [6, 6.07) is 20.6. The minimum Gasteiger partial charge on any atom is -0.296 e. The highest BCUT2D eigenvalue weighted by atomic mass is 15.1. The fraction of sp³-hybridized carbons (Fsp3) is 0.400. The van der Waals surface area contributed by atoms with Crippen LogP contribution in [-0.4, -0.2) is 17.5 Å². The molecule has 0 amide bonds. The lowest BCUT2D eigenvalue weighted by Crippen LogP contribution is -2.39. The average molecular weight is 279 g/mol. The minimum atomic E-state index is 0.694. The Labute approximate surface area is 128 Å². The molecule has 3 rings (SSSR count). The van der Waals surface area contributed by atoms with Gasteiger partial charge in [0.2, 0.25) is 0 Å². The van der Waals surface area contributed by atoms with E-state index in [1.165, 1.54) is 37.8 Å². The van der Waals surface area contributed by atoms with Gasteiger partial charge in [-0.3, -0.25) is 4.90 Å². The summed E-state index contributed by atoms with van der Waals surface area (Å²) in [5.74, 6) is 0. The first kappa shape index (κ1) is 14.3. The molecule has 1 atom stereocenters. The van der Waals surface area contributed by atoms with Gasteiger partial charge < -0.3 is 0 Å². The highest BCUT2D eigenvalue weighted by Gasteiger charge is 2.23. The van der Waals surface area contributed by atoms with Gasteiger partial charge >= 0.3 is 0 Å². The Morgan fingerprint density at radius 3 is 2.43 bits per heavy atom. The lowest BCUT2D eigenvalue weighted by molar-refractivity contribution is 0.171. The zero-order valence-electron chi connectivity index (χ0n) is 13.0. The molecule has 0 aliphatic heterocycles. The molecule has 0 heterocycles. The van der Waals surface area contributed by atoms with E-state index in [-0.39, 0.29) is 0 Å². The normalized spacial score (nSPS) is 17.7. The summed E-state index contributed by atoms with van der Waals surface area (Å²) in [4.78, 5) is 2.69. The second-order valence-electron chi connectivity index (χ2n) is 6.12. The maximum atomic E-state index is 2.69. The van der Waals surface area contributed by atoms with Gasteiger partial charge in [-0.25, -0.2) is 0 Å². The van der Waals surface area contributed by atoms with Crippen LogP contribution >= 0.6 is 0 Å². The third-order valence-electron chi connectivity index (χ3n) is 4.58. The van der Waals surface area contributed by atoms with Crippen molar-refractivity contribution in [2.75, 3.05) is 6.54 Å². The van der Waals surface area contributed by atoms with E-state index >= 15 is 0 Å². The molecule has 1 aliphatic carbocycles. The van der Waals surface area contributed by atoms with E-state index in [2.05, 4.69) is 66.4 Å². The van der Waals surface area contributed by atoms with Crippen LogP contribution in [0.3, 0.4) is 0 Å². The van der Waals surface area contributed by atoms with E-state index in [1.807, 2.05) is 0 Å². The van der Waals surface area contributed by atoms with E-state index in [0.717, 1.165) is 6.54 Å². The van der Waals surface area contributed by atoms with Crippen LogP contribution in [0.15, 0.2) is 54.6 Å². The molecule has 110 valence electrons. The van der Waals surface area contributed by atoms with Crippen molar-refractivity contribution < 1.29 is 0 Å². The second-order valence-corrected chi connectivity index (χ2v) is 6.12. The van der Waals surface area contributed by atoms with Crippen LogP contribution in [0, 0.1) is 0 Å². The fourth-order valence-corrected chi connectivity index (χ4v) is 3.49. The minimum absolute atomic E-state index is 0.694. The van der Waals surface area contributed by atoms with Crippen LogP contribution < -0.4 is 0 Å². The Hall–Kier alpha value is -1.60. The molecule has 0 saturated carbocycles. The van der Waals surface area contributed by atoms with Crippen molar-refractivity contribution in [3.8, 4) is 0 Å². The van der Waals surface area contributed by atoms with Crippen molar-refractivity contribution >= 4 is 0 Å². The first-order valence-corrected chi connectivity index (χ1v) is 8.21. The van der Waals surface area contributed by atoms with E-state index in [1.54, 1.807) is 11.1 Å². The average Bonchev–Trinajstić information content (AvgIpc) is 2.55. The molecule has 0 fully saturated rings. The van der Waals surface area contributed by atoms with Crippen LogP contribution in [0.25, 0.3) is 0 Å². The standard InChI is InChI=1S/C20H25N/c1-2-14-21(16-17-8-4-3-5-9-17)20-13-12-18-10-6-7-11-19(18)15-20/h3-11,20H,2,12-16H2,1H3. The first-order valence-electron chi connectivity index (χ1n) is 8.21. The highest BCUT2D eigenvalue weighted by Crippen LogP contribution is 2.25. The van der Waals surface area contributed by atoms with Crippen molar-refractivity contribution in [3.05, 3.63) is 71.3 Å². The topological polar surface area (TPSA) is 3.24 Å². The number of nitrogens with zero attached hydrogens (tertiary/aromatic N) is 1. The molecular weight excluding hydrogens is 254 g/mol. The third kappa shape index (κ3) is 3.54. The van der Waals surface area contributed by atoms with Gasteiger partial charge in [0.1, 0.15) is 0 Å². The summed E-state index contributed by atoms with van der Waals surface area (Å²) < 4.78 is 0. The molecule has 2 aromatic carbocycles. The Morgan fingerprint density at radius 2 is 1.67 bits per heavy atom. The van der Waals surface area contributed by atoms with Crippen LogP contribution in [0.1, 0.15) is 36.5 Å². The molecule has 0 saturated heterocycles. The van der Waals surface area contributed by atoms with Crippen molar-refractivity contribution in [1.29, 1.82) is 0 Å². The summed E-state index contributed by atoms with van der Waals surface area (Å²) in [6.45, 7) is 4.57. The van der Waals surface area contributed by atoms with E-state index in [0.29, 0.717) is 6.04 Å². The largest absolute Gasteiger partial charge is 0.296 e. The molecule has 0 aromatic heterocycles. The van der Waals surface area contributed by atoms with Gasteiger partial charge in [-0.15, -0.1) is 0 Å². The van der Waals surface area contributed by atoms with Gasteiger partial charge in [0.15, 0.2) is 0 Å². The Kier molecular flexibility index (Phi) is 4.72. The molecule has 1 aliphatic rings. The third-order valence-corrected chi connectivity index (χ3v) is 4.58. The van der Waals surface area contributed by atoms with Gasteiger partial charge in [0.05, 0.1) is 0 Å². The van der Waals surface area contributed by atoms with E-state index in [9.17, 15) is 0 Å². The van der Waals surface area contributed by atoms with Crippen LogP contribution in [-0.2, 0) is 19.4 Å². The summed E-state index contributed by atoms with van der Waals surface area (Å²) >= 11 is 0. The molecule has 1 heteroatoms. The van der Waals surface area contributed by atoms with Gasteiger partial charge in [0, 0.05) is 12.6 Å². The molecule has 1 unspecified atom stereocenters. The smallest absolute Gasteiger partial charge is 0.0236 e. The summed E-state index contributed by atoms with van der Waals surface area (Å²) in [6.07, 6.45) is 4.97. The van der Waals surface area contributed by atoms with Crippen LogP contribution in [0.2, 0.25) is 0 Å². The lowest BCUT2D eigenvalue weighted by atomic mass is 9.87. The molecule has 1 nitrogen and oxygen atoms in total. The second kappa shape index (κ2) is 6.91. The summed E-state index contributed by atoms with van der Waals surface area (Å²) in [7, 11) is 0. The molecule has 0 N–H and O–H groups in total. The zero-order valence-corrected chi connectivity index (χ0v) is 13.0. The first-order chi connectivity index (χ1) is 10.4. The number of fused-ring (bicyclic) bond motifs is 1. The number of rotatable bonds is 5. The van der Waals surface area contributed by atoms with Crippen LogP contribution in [0.5, 0.6) is 0 Å². The Balaban J connectivity index is 1.73. The predicted octanol–water partition coefficient (Wildman–Crippen LogP) is 4.46. The quantitative estimate of drug-likeness (QED) is 0.781. The van der Waals surface area contributed by atoms with Gasteiger partial charge in [-0.1, -0.05) is 61.5 Å². The van der Waals surface area contributed by atoms with Crippen molar-refractivity contribution in [2.45, 2.75) is 45.2 Å². The highest BCUT2D eigenvalue weighted by molar-refractivity contribution is 5.30. The predicted molar refractivity (Wildman–Crippen MR) is 89.4 cm³/mol. The van der Waals surface area contributed by atoms with Gasteiger partial charge in [0.25, 0.3) is 0 Å². The zero-order chi connectivity index (χ0) is 14.5. The van der Waals surface area contributed by atoms with Crippen molar-refractivity contribution in [3.63, 3.8) is 0 Å². The maximum Gasteiger partial charge on any atom is 0.0236 e. The van der Waals surface area contributed by atoms with Gasteiger partial charge in [-0.05, 0) is 48.9 Å². The summed E-state index contributed by atoms with van der Waals surface area (Å²) in [5, 5.41) is 0. The molecule has 0 spiro atoms. The lowest BCUT2D eigenvalue weighted by Gasteiger charge is -2.35. The molecule has 0 bridgehead atoms. The molecule has 2 aromatic rings. The van der Waals surface area contributed by atoms with Crippen LogP contribution in [0.4, 0.5) is 0 Å². The molecular formula is C20H25N. The van der Waals surface area contributed by atoms with Gasteiger partial charge in [-0.2, -0.15) is 0 Å². The Bertz CT molecular complexity index is 561. The fourth-order valence-electron chi connectivity index (χ4n) is 3.49. The maximum absolute atomic E-state index is 2.69. The number of aryl methyl sites for hydroxylation is 1. The number of hydrogen-bond acceptors (Lipinski definition) is 1. The van der Waals surface area contributed by atoms with Crippen molar-refractivity contribution in [1.82, 2.24) is 4.90 Å². The SMILES string of the molecule is CCCN(Cc1ccccc1)C1CCc2ccccc2C1. The molecule has 0 radical (unpaired) electrons.